The minimum atomic E-state index is -5.04. The number of halogens is 3. The van der Waals surface area contributed by atoms with E-state index in [0.29, 0.717) is 23.1 Å². The molecule has 36 heavy (non-hydrogen) atoms. The number of hydrogen-bond donors (Lipinski definition) is 3. The third kappa shape index (κ3) is 6.60. The van der Waals surface area contributed by atoms with Crippen molar-refractivity contribution in [3.63, 3.8) is 0 Å². The fourth-order valence-electron chi connectivity index (χ4n) is 3.09. The lowest BCUT2D eigenvalue weighted by Crippen LogP contribution is -2.20. The molecule has 2 aromatic heterocycles. The van der Waals surface area contributed by atoms with E-state index in [1.54, 1.807) is 24.4 Å². The van der Waals surface area contributed by atoms with E-state index in [1.165, 1.54) is 30.6 Å². The summed E-state index contributed by atoms with van der Waals surface area (Å²) in [5.41, 5.74) is 1.75. The van der Waals surface area contributed by atoms with Gasteiger partial charge >= 0.3 is 6.36 Å². The lowest BCUT2D eigenvalue weighted by Gasteiger charge is -2.14. The number of ether oxygens (including phenoxy) is 1. The first-order valence-electron chi connectivity index (χ1n) is 10.3. The van der Waals surface area contributed by atoms with E-state index in [2.05, 4.69) is 35.0 Å². The summed E-state index contributed by atoms with van der Waals surface area (Å²) in [6, 6.07) is 15.9. The molecule has 0 aliphatic heterocycles. The molecule has 0 amide bonds. The number of pyridine rings is 1. The maximum absolute atomic E-state index is 12.7. The average molecular weight is 517 g/mol. The van der Waals surface area contributed by atoms with Gasteiger partial charge in [-0.3, -0.25) is 4.72 Å². The molecule has 0 aliphatic rings. The zero-order chi connectivity index (χ0) is 25.8. The number of para-hydroxylation sites is 1. The number of nitrogens with zero attached hydrogens (tertiary/aromatic N) is 3. The monoisotopic (exact) mass is 516 g/mol. The van der Waals surface area contributed by atoms with Gasteiger partial charge in [0.25, 0.3) is 10.0 Å². The summed E-state index contributed by atoms with van der Waals surface area (Å²) in [6.07, 6.45) is -1.99. The van der Waals surface area contributed by atoms with Crippen LogP contribution >= 0.6 is 0 Å². The molecule has 0 unspecified atom stereocenters. The van der Waals surface area contributed by atoms with Crippen molar-refractivity contribution in [3.8, 4) is 5.75 Å². The van der Waals surface area contributed by atoms with Gasteiger partial charge in [0, 0.05) is 23.6 Å². The van der Waals surface area contributed by atoms with Crippen molar-refractivity contribution in [1.82, 2.24) is 15.0 Å². The molecule has 3 N–H and O–H groups in total. The topological polar surface area (TPSA) is 118 Å². The number of sulfonamides is 1. The second-order valence-electron chi connectivity index (χ2n) is 7.43. The van der Waals surface area contributed by atoms with Gasteiger partial charge in [0.05, 0.1) is 0 Å². The van der Waals surface area contributed by atoms with Gasteiger partial charge in [0.2, 0.25) is 0 Å². The number of aromatic nitrogens is 3. The lowest BCUT2D eigenvalue weighted by atomic mass is 10.3. The van der Waals surface area contributed by atoms with E-state index in [-0.39, 0.29) is 5.69 Å². The molecule has 0 fully saturated rings. The van der Waals surface area contributed by atoms with Crippen molar-refractivity contribution in [2.24, 2.45) is 0 Å². The predicted molar refractivity (Wildman–Crippen MR) is 128 cm³/mol. The van der Waals surface area contributed by atoms with Crippen molar-refractivity contribution in [2.75, 3.05) is 15.4 Å². The number of rotatable bonds is 8. The third-order valence-corrected chi connectivity index (χ3v) is 6.03. The molecule has 0 saturated carbocycles. The van der Waals surface area contributed by atoms with Gasteiger partial charge in [-0.15, -0.1) is 13.2 Å². The number of anilines is 5. The Bertz CT molecular complexity index is 1460. The predicted octanol–water partition coefficient (Wildman–Crippen LogP) is 5.37. The van der Waals surface area contributed by atoms with Crippen LogP contribution in [-0.4, -0.2) is 29.7 Å². The van der Waals surface area contributed by atoms with Crippen LogP contribution < -0.4 is 20.1 Å². The Morgan fingerprint density at radius 3 is 2.14 bits per heavy atom. The quantitative estimate of drug-likeness (QED) is 0.286. The van der Waals surface area contributed by atoms with E-state index >= 15 is 0 Å². The van der Waals surface area contributed by atoms with E-state index in [4.69, 9.17) is 0 Å². The summed E-state index contributed by atoms with van der Waals surface area (Å²) in [4.78, 5) is 11.9. The molecule has 0 atom stereocenters. The standard InChI is InChI=1S/C23H19F3N6O3S/c1-15-10-11-27-20(12-15)31-22-13-21(28-14-29-22)30-16-6-8-17(9-7-16)32-36(33,34)19-5-3-2-4-18(19)35-23(24,25)26/h2-14,32H,1H3,(H2,27,28,29,30,31). The van der Waals surface area contributed by atoms with Crippen molar-refractivity contribution >= 4 is 38.9 Å². The van der Waals surface area contributed by atoms with E-state index in [9.17, 15) is 21.6 Å². The molecule has 4 aromatic rings. The third-order valence-electron chi connectivity index (χ3n) is 4.61. The fraction of sp³-hybridized carbons (Fsp3) is 0.0870. The van der Waals surface area contributed by atoms with Crippen LogP contribution in [0.5, 0.6) is 5.75 Å². The normalized spacial score (nSPS) is 11.6. The molecule has 9 nitrogen and oxygen atoms in total. The average Bonchev–Trinajstić information content (AvgIpc) is 2.80. The number of hydrogen-bond acceptors (Lipinski definition) is 8. The van der Waals surface area contributed by atoms with E-state index < -0.39 is 27.0 Å². The van der Waals surface area contributed by atoms with Gasteiger partial charge in [-0.05, 0) is 61.0 Å². The number of benzene rings is 2. The Hall–Kier alpha value is -4.39. The highest BCUT2D eigenvalue weighted by Gasteiger charge is 2.34. The van der Waals surface area contributed by atoms with Gasteiger partial charge in [-0.25, -0.2) is 23.4 Å². The molecular formula is C23H19F3N6O3S. The van der Waals surface area contributed by atoms with Crippen molar-refractivity contribution in [1.29, 1.82) is 0 Å². The molecule has 0 spiro atoms. The molecule has 0 saturated heterocycles. The van der Waals surface area contributed by atoms with Gasteiger partial charge in [-0.2, -0.15) is 0 Å². The summed E-state index contributed by atoms with van der Waals surface area (Å²) >= 11 is 0. The summed E-state index contributed by atoms with van der Waals surface area (Å²) in [5.74, 6) is 0.768. The van der Waals surface area contributed by atoms with Crippen molar-refractivity contribution in [3.05, 3.63) is 84.8 Å². The molecule has 0 aliphatic carbocycles. The molecule has 0 radical (unpaired) electrons. The van der Waals surface area contributed by atoms with Crippen LogP contribution in [-0.2, 0) is 10.0 Å². The van der Waals surface area contributed by atoms with Crippen LogP contribution in [0, 0.1) is 6.92 Å². The summed E-state index contributed by atoms with van der Waals surface area (Å²) in [7, 11) is -4.36. The summed E-state index contributed by atoms with van der Waals surface area (Å²) in [5, 5.41) is 6.14. The van der Waals surface area contributed by atoms with Gasteiger partial charge in [0.1, 0.15) is 34.4 Å². The summed E-state index contributed by atoms with van der Waals surface area (Å²) < 4.78 is 69.4. The SMILES string of the molecule is Cc1ccnc(Nc2cc(Nc3ccc(NS(=O)(=O)c4ccccc4OC(F)(F)F)cc3)ncn2)c1. The Morgan fingerprint density at radius 1 is 0.806 bits per heavy atom. The molecular weight excluding hydrogens is 497 g/mol. The first kappa shape index (κ1) is 24.7. The minimum absolute atomic E-state index is 0.137. The number of aryl methyl sites for hydroxylation is 1. The molecule has 186 valence electrons. The Kier molecular flexibility index (Phi) is 6.92. The molecule has 0 bridgehead atoms. The maximum atomic E-state index is 12.7. The molecule has 2 heterocycles. The number of nitrogens with one attached hydrogen (secondary N) is 3. The maximum Gasteiger partial charge on any atom is 0.573 e. The van der Waals surface area contributed by atoms with E-state index in [0.717, 1.165) is 17.7 Å². The largest absolute Gasteiger partial charge is 0.573 e. The smallest absolute Gasteiger partial charge is 0.404 e. The Balaban J connectivity index is 1.45. The van der Waals surface area contributed by atoms with Gasteiger partial charge in [0.15, 0.2) is 0 Å². The second kappa shape index (κ2) is 10.1. The Morgan fingerprint density at radius 2 is 1.44 bits per heavy atom. The van der Waals surface area contributed by atoms with Crippen LogP contribution in [0.1, 0.15) is 5.56 Å². The second-order valence-corrected chi connectivity index (χ2v) is 9.09. The van der Waals surface area contributed by atoms with Crippen molar-refractivity contribution < 1.29 is 26.3 Å². The van der Waals surface area contributed by atoms with E-state index in [1.807, 2.05) is 19.1 Å². The first-order chi connectivity index (χ1) is 17.1. The van der Waals surface area contributed by atoms with Crippen LogP contribution in [0.15, 0.2) is 84.1 Å². The van der Waals surface area contributed by atoms with Gasteiger partial charge in [-0.1, -0.05) is 12.1 Å². The zero-order valence-electron chi connectivity index (χ0n) is 18.6. The first-order valence-corrected chi connectivity index (χ1v) is 11.8. The van der Waals surface area contributed by atoms with Crippen LogP contribution in [0.25, 0.3) is 0 Å². The zero-order valence-corrected chi connectivity index (χ0v) is 19.4. The molecule has 4 rings (SSSR count). The van der Waals surface area contributed by atoms with Crippen LogP contribution in [0.4, 0.5) is 42.0 Å². The van der Waals surface area contributed by atoms with Gasteiger partial charge < -0.3 is 15.4 Å². The van der Waals surface area contributed by atoms with Crippen molar-refractivity contribution in [2.45, 2.75) is 18.2 Å². The minimum Gasteiger partial charge on any atom is -0.404 e. The highest BCUT2D eigenvalue weighted by Crippen LogP contribution is 2.31. The Labute approximate surface area is 204 Å². The van der Waals surface area contributed by atoms with Crippen LogP contribution in [0.3, 0.4) is 0 Å². The highest BCUT2D eigenvalue weighted by molar-refractivity contribution is 7.92. The fourth-order valence-corrected chi connectivity index (χ4v) is 4.28. The number of alkyl halides is 3. The molecule has 13 heteroatoms. The van der Waals surface area contributed by atoms with Crippen LogP contribution in [0.2, 0.25) is 0 Å². The summed E-state index contributed by atoms with van der Waals surface area (Å²) in [6.45, 7) is 1.94. The lowest BCUT2D eigenvalue weighted by molar-refractivity contribution is -0.275. The molecule has 2 aromatic carbocycles. The highest BCUT2D eigenvalue weighted by atomic mass is 32.2.